The van der Waals surface area contributed by atoms with Gasteiger partial charge in [0.2, 0.25) is 5.91 Å². The lowest BCUT2D eigenvalue weighted by molar-refractivity contribution is -0.122. The molecule has 0 aliphatic carbocycles. The van der Waals surface area contributed by atoms with Gasteiger partial charge in [-0.2, -0.15) is 0 Å². The molecular formula is C15H22N2O2. The SMILES string of the molecule is CCNC(=O)CN1CCC(c2ccc(O)cc2)CC1. The third-order valence-electron chi connectivity index (χ3n) is 3.69. The number of piperidine rings is 1. The molecule has 0 saturated carbocycles. The number of phenolic OH excluding ortho intramolecular Hbond substituents is 1. The first-order chi connectivity index (χ1) is 9.19. The Hall–Kier alpha value is -1.55. The van der Waals surface area contributed by atoms with E-state index in [0.29, 0.717) is 24.8 Å². The highest BCUT2D eigenvalue weighted by Crippen LogP contribution is 2.28. The molecule has 0 aromatic heterocycles. The van der Waals surface area contributed by atoms with Crippen molar-refractivity contribution in [3.05, 3.63) is 29.8 Å². The highest BCUT2D eigenvalue weighted by molar-refractivity contribution is 5.77. The van der Waals surface area contributed by atoms with Gasteiger partial charge in [-0.15, -0.1) is 0 Å². The third kappa shape index (κ3) is 3.96. The van der Waals surface area contributed by atoms with Gasteiger partial charge in [0.25, 0.3) is 0 Å². The van der Waals surface area contributed by atoms with E-state index in [0.717, 1.165) is 25.9 Å². The van der Waals surface area contributed by atoms with Gasteiger partial charge < -0.3 is 10.4 Å². The molecule has 1 fully saturated rings. The number of aromatic hydroxyl groups is 1. The van der Waals surface area contributed by atoms with Crippen LogP contribution < -0.4 is 5.32 Å². The molecule has 104 valence electrons. The number of benzene rings is 1. The Labute approximate surface area is 114 Å². The maximum Gasteiger partial charge on any atom is 0.234 e. The summed E-state index contributed by atoms with van der Waals surface area (Å²) in [6.45, 7) is 5.07. The van der Waals surface area contributed by atoms with E-state index in [4.69, 9.17) is 0 Å². The topological polar surface area (TPSA) is 52.6 Å². The summed E-state index contributed by atoms with van der Waals surface area (Å²) in [4.78, 5) is 13.7. The summed E-state index contributed by atoms with van der Waals surface area (Å²) in [5.41, 5.74) is 1.29. The highest BCUT2D eigenvalue weighted by Gasteiger charge is 2.21. The van der Waals surface area contributed by atoms with E-state index in [-0.39, 0.29) is 5.91 Å². The van der Waals surface area contributed by atoms with Crippen molar-refractivity contribution in [2.45, 2.75) is 25.7 Å². The molecule has 0 spiro atoms. The van der Waals surface area contributed by atoms with Crippen LogP contribution in [-0.2, 0) is 4.79 Å². The average molecular weight is 262 g/mol. The van der Waals surface area contributed by atoms with Crippen molar-refractivity contribution in [1.82, 2.24) is 10.2 Å². The van der Waals surface area contributed by atoms with Crippen LogP contribution in [0.5, 0.6) is 5.75 Å². The predicted molar refractivity (Wildman–Crippen MR) is 75.2 cm³/mol. The first-order valence-corrected chi connectivity index (χ1v) is 6.97. The number of carbonyl (C=O) groups excluding carboxylic acids is 1. The molecule has 4 nitrogen and oxygen atoms in total. The zero-order chi connectivity index (χ0) is 13.7. The van der Waals surface area contributed by atoms with E-state index in [1.807, 2.05) is 19.1 Å². The fraction of sp³-hybridized carbons (Fsp3) is 0.533. The van der Waals surface area contributed by atoms with Gasteiger partial charge in [-0.25, -0.2) is 0 Å². The number of carbonyl (C=O) groups is 1. The third-order valence-corrected chi connectivity index (χ3v) is 3.69. The predicted octanol–water partition coefficient (Wildman–Crippen LogP) is 1.71. The van der Waals surface area contributed by atoms with Crippen LogP contribution in [0.25, 0.3) is 0 Å². The Balaban J connectivity index is 1.82. The van der Waals surface area contributed by atoms with Crippen molar-refractivity contribution < 1.29 is 9.90 Å². The lowest BCUT2D eigenvalue weighted by Gasteiger charge is -2.31. The smallest absolute Gasteiger partial charge is 0.234 e. The lowest BCUT2D eigenvalue weighted by atomic mass is 9.89. The van der Waals surface area contributed by atoms with Gasteiger partial charge in [0.1, 0.15) is 5.75 Å². The van der Waals surface area contributed by atoms with Crippen LogP contribution in [0.2, 0.25) is 0 Å². The molecule has 19 heavy (non-hydrogen) atoms. The van der Waals surface area contributed by atoms with Crippen molar-refractivity contribution in [3.63, 3.8) is 0 Å². The van der Waals surface area contributed by atoms with Gasteiger partial charge >= 0.3 is 0 Å². The van der Waals surface area contributed by atoms with Crippen LogP contribution in [0.15, 0.2) is 24.3 Å². The van der Waals surface area contributed by atoms with Gasteiger partial charge in [-0.3, -0.25) is 9.69 Å². The van der Waals surface area contributed by atoms with E-state index < -0.39 is 0 Å². The molecule has 1 aliphatic heterocycles. The molecule has 1 saturated heterocycles. The fourth-order valence-electron chi connectivity index (χ4n) is 2.63. The molecule has 1 heterocycles. The minimum absolute atomic E-state index is 0.116. The zero-order valence-corrected chi connectivity index (χ0v) is 11.4. The molecule has 1 amide bonds. The maximum absolute atomic E-state index is 11.5. The molecule has 0 unspecified atom stereocenters. The average Bonchev–Trinajstić information content (AvgIpc) is 2.41. The summed E-state index contributed by atoms with van der Waals surface area (Å²) in [7, 11) is 0. The first kappa shape index (κ1) is 13.9. The quantitative estimate of drug-likeness (QED) is 0.868. The minimum Gasteiger partial charge on any atom is -0.508 e. The standard InChI is InChI=1S/C15H22N2O2/c1-2-16-15(19)11-17-9-7-13(8-10-17)12-3-5-14(18)6-4-12/h3-6,13,18H,2,7-11H2,1H3,(H,16,19). The Bertz CT molecular complexity index is 409. The molecule has 0 radical (unpaired) electrons. The van der Waals surface area contributed by atoms with Crippen LogP contribution in [0.4, 0.5) is 0 Å². The normalized spacial score (nSPS) is 17.3. The first-order valence-electron chi connectivity index (χ1n) is 6.97. The number of likely N-dealkylation sites (tertiary alicyclic amines) is 1. The molecule has 0 atom stereocenters. The number of hydrogen-bond acceptors (Lipinski definition) is 3. The van der Waals surface area contributed by atoms with E-state index in [1.165, 1.54) is 5.56 Å². The Morgan fingerprint density at radius 1 is 1.32 bits per heavy atom. The molecule has 2 N–H and O–H groups in total. The number of hydrogen-bond donors (Lipinski definition) is 2. The molecule has 1 aliphatic rings. The summed E-state index contributed by atoms with van der Waals surface area (Å²) in [5, 5.41) is 12.1. The molecule has 2 rings (SSSR count). The summed E-state index contributed by atoms with van der Waals surface area (Å²) in [6.07, 6.45) is 2.15. The van der Waals surface area contributed by atoms with Gasteiger partial charge in [0.05, 0.1) is 6.54 Å². The Morgan fingerprint density at radius 3 is 2.53 bits per heavy atom. The number of rotatable bonds is 4. The van der Waals surface area contributed by atoms with Crippen molar-refractivity contribution in [2.24, 2.45) is 0 Å². The largest absolute Gasteiger partial charge is 0.508 e. The number of amides is 1. The van der Waals surface area contributed by atoms with Crippen LogP contribution in [0.3, 0.4) is 0 Å². The van der Waals surface area contributed by atoms with E-state index in [9.17, 15) is 9.90 Å². The Kier molecular flexibility index (Phi) is 4.80. The van der Waals surface area contributed by atoms with E-state index >= 15 is 0 Å². The van der Waals surface area contributed by atoms with Gasteiger partial charge in [-0.05, 0) is 56.5 Å². The fourth-order valence-corrected chi connectivity index (χ4v) is 2.63. The molecule has 4 heteroatoms. The summed E-state index contributed by atoms with van der Waals surface area (Å²) < 4.78 is 0. The van der Waals surface area contributed by atoms with E-state index in [2.05, 4.69) is 10.2 Å². The van der Waals surface area contributed by atoms with Crippen molar-refractivity contribution in [1.29, 1.82) is 0 Å². The molecule has 1 aromatic rings. The van der Waals surface area contributed by atoms with Crippen molar-refractivity contribution >= 4 is 5.91 Å². The molecular weight excluding hydrogens is 240 g/mol. The minimum atomic E-state index is 0.116. The number of likely N-dealkylation sites (N-methyl/N-ethyl adjacent to an activating group) is 1. The van der Waals surface area contributed by atoms with Gasteiger partial charge in [0.15, 0.2) is 0 Å². The second-order valence-corrected chi connectivity index (χ2v) is 5.10. The highest BCUT2D eigenvalue weighted by atomic mass is 16.3. The van der Waals surface area contributed by atoms with Gasteiger partial charge in [-0.1, -0.05) is 12.1 Å². The number of nitrogens with zero attached hydrogens (tertiary/aromatic N) is 1. The van der Waals surface area contributed by atoms with Crippen LogP contribution >= 0.6 is 0 Å². The summed E-state index contributed by atoms with van der Waals surface area (Å²) >= 11 is 0. The molecule has 0 bridgehead atoms. The maximum atomic E-state index is 11.5. The van der Waals surface area contributed by atoms with Crippen molar-refractivity contribution in [2.75, 3.05) is 26.2 Å². The summed E-state index contributed by atoms with van der Waals surface area (Å²) in [6, 6.07) is 7.49. The second-order valence-electron chi connectivity index (χ2n) is 5.10. The van der Waals surface area contributed by atoms with Crippen LogP contribution in [0.1, 0.15) is 31.2 Å². The number of phenols is 1. The van der Waals surface area contributed by atoms with Crippen molar-refractivity contribution in [3.8, 4) is 5.75 Å². The monoisotopic (exact) mass is 262 g/mol. The Morgan fingerprint density at radius 2 is 1.95 bits per heavy atom. The lowest BCUT2D eigenvalue weighted by Crippen LogP contribution is -2.41. The number of nitrogens with one attached hydrogen (secondary N) is 1. The van der Waals surface area contributed by atoms with Crippen LogP contribution in [0, 0.1) is 0 Å². The summed E-state index contributed by atoms with van der Waals surface area (Å²) in [5.74, 6) is 0.981. The van der Waals surface area contributed by atoms with Gasteiger partial charge in [0, 0.05) is 6.54 Å². The zero-order valence-electron chi connectivity index (χ0n) is 11.4. The second kappa shape index (κ2) is 6.57. The van der Waals surface area contributed by atoms with Crippen LogP contribution in [-0.4, -0.2) is 42.1 Å². The molecule has 1 aromatic carbocycles. The van der Waals surface area contributed by atoms with E-state index in [1.54, 1.807) is 12.1 Å².